The monoisotopic (exact) mass is 266 g/mol. The maximum absolute atomic E-state index is 6.09. The van der Waals surface area contributed by atoms with Crippen LogP contribution in [-0.2, 0) is 0 Å². The smallest absolute Gasteiger partial charge is 0.258 e. The number of aromatic nitrogens is 2. The maximum atomic E-state index is 6.09. The lowest BCUT2D eigenvalue weighted by Crippen LogP contribution is -2.32. The fraction of sp³-hybridized carbons (Fsp3) is 0.500. The lowest BCUT2D eigenvalue weighted by atomic mass is 10.2. The van der Waals surface area contributed by atoms with Gasteiger partial charge in [-0.05, 0) is 24.5 Å². The van der Waals surface area contributed by atoms with Gasteiger partial charge in [-0.25, -0.2) is 0 Å². The fourth-order valence-corrected chi connectivity index (χ4v) is 2.36. The molecule has 0 aliphatic carbocycles. The van der Waals surface area contributed by atoms with E-state index in [1.807, 2.05) is 16.8 Å². The van der Waals surface area contributed by atoms with Gasteiger partial charge in [-0.1, -0.05) is 19.0 Å². The molecule has 2 N–H and O–H groups in total. The van der Waals surface area contributed by atoms with Gasteiger partial charge in [-0.15, -0.1) is 0 Å². The first-order valence-electron chi connectivity index (χ1n) is 6.08. The first-order chi connectivity index (χ1) is 8.74. The zero-order chi connectivity index (χ0) is 13.0. The van der Waals surface area contributed by atoms with Gasteiger partial charge >= 0.3 is 0 Å². The summed E-state index contributed by atoms with van der Waals surface area (Å²) in [7, 11) is 0. The number of hydrogen-bond acceptors (Lipinski definition) is 6. The summed E-state index contributed by atoms with van der Waals surface area (Å²) in [4.78, 5) is 6.59. The van der Waals surface area contributed by atoms with E-state index in [4.69, 9.17) is 10.3 Å². The van der Waals surface area contributed by atoms with Gasteiger partial charge in [0.05, 0.1) is 11.6 Å². The van der Waals surface area contributed by atoms with E-state index in [-0.39, 0.29) is 6.04 Å². The third kappa shape index (κ3) is 2.95. The Hall–Kier alpha value is -1.24. The predicted molar refractivity (Wildman–Crippen MR) is 72.3 cm³/mol. The van der Waals surface area contributed by atoms with Crippen LogP contribution in [0.1, 0.15) is 25.7 Å². The van der Waals surface area contributed by atoms with Gasteiger partial charge in [0.1, 0.15) is 0 Å². The molecule has 0 radical (unpaired) electrons. The number of rotatable bonds is 6. The lowest BCUT2D eigenvalue weighted by Gasteiger charge is -2.20. The molecule has 2 heterocycles. The Bertz CT molecular complexity index is 464. The van der Waals surface area contributed by atoms with Gasteiger partial charge in [-0.3, -0.25) is 0 Å². The van der Waals surface area contributed by atoms with Crippen molar-refractivity contribution in [2.24, 2.45) is 5.73 Å². The molecule has 0 aliphatic rings. The highest BCUT2D eigenvalue weighted by atomic mass is 32.1. The van der Waals surface area contributed by atoms with E-state index in [0.29, 0.717) is 11.7 Å². The molecule has 98 valence electrons. The lowest BCUT2D eigenvalue weighted by molar-refractivity contribution is 0.278. The zero-order valence-electron chi connectivity index (χ0n) is 10.7. The highest BCUT2D eigenvalue weighted by Gasteiger charge is 2.17. The van der Waals surface area contributed by atoms with Crippen molar-refractivity contribution < 1.29 is 4.52 Å². The van der Waals surface area contributed by atoms with Gasteiger partial charge in [0.15, 0.2) is 5.82 Å². The van der Waals surface area contributed by atoms with Crippen LogP contribution in [0.3, 0.4) is 0 Å². The van der Waals surface area contributed by atoms with Crippen molar-refractivity contribution in [2.45, 2.75) is 19.9 Å². The minimum Gasteiger partial charge on any atom is -0.334 e. The number of nitrogens with two attached hydrogens (primary N) is 1. The number of likely N-dealkylation sites (N-methyl/N-ethyl adjacent to an activating group) is 1. The van der Waals surface area contributed by atoms with E-state index in [1.165, 1.54) is 0 Å². The van der Waals surface area contributed by atoms with Gasteiger partial charge in [0.25, 0.3) is 5.89 Å². The summed E-state index contributed by atoms with van der Waals surface area (Å²) in [5.41, 5.74) is 7.04. The van der Waals surface area contributed by atoms with Crippen molar-refractivity contribution in [3.63, 3.8) is 0 Å². The third-order valence-electron chi connectivity index (χ3n) is 2.89. The molecule has 0 fully saturated rings. The quantitative estimate of drug-likeness (QED) is 0.867. The van der Waals surface area contributed by atoms with Crippen molar-refractivity contribution in [3.05, 3.63) is 22.7 Å². The van der Waals surface area contributed by atoms with Crippen LogP contribution in [-0.4, -0.2) is 34.7 Å². The average Bonchev–Trinajstić information content (AvgIpc) is 3.04. The summed E-state index contributed by atoms with van der Waals surface area (Å²) in [6.07, 6.45) is 0. The van der Waals surface area contributed by atoms with E-state index >= 15 is 0 Å². The summed E-state index contributed by atoms with van der Waals surface area (Å²) in [6, 6.07) is 1.75. The molecule has 0 aliphatic heterocycles. The molecule has 0 amide bonds. The van der Waals surface area contributed by atoms with Crippen molar-refractivity contribution >= 4 is 11.3 Å². The Labute approximate surface area is 111 Å². The molecule has 5 nitrogen and oxygen atoms in total. The molecule has 0 bridgehead atoms. The Kier molecular flexibility index (Phi) is 4.46. The molecule has 6 heteroatoms. The van der Waals surface area contributed by atoms with Crippen molar-refractivity contribution in [1.29, 1.82) is 0 Å². The second-order valence-electron chi connectivity index (χ2n) is 4.06. The highest BCUT2D eigenvalue weighted by Crippen LogP contribution is 2.21. The zero-order valence-corrected chi connectivity index (χ0v) is 11.5. The number of hydrogen-bond donors (Lipinski definition) is 1. The maximum Gasteiger partial charge on any atom is 0.258 e. The molecule has 2 aromatic rings. The Morgan fingerprint density at radius 2 is 2.22 bits per heavy atom. The summed E-state index contributed by atoms with van der Waals surface area (Å²) in [5.74, 6) is 1.12. The molecule has 1 atom stereocenters. The molecular weight excluding hydrogens is 248 g/mol. The summed E-state index contributed by atoms with van der Waals surface area (Å²) >= 11 is 1.60. The second-order valence-corrected chi connectivity index (χ2v) is 4.84. The Balaban J connectivity index is 2.05. The van der Waals surface area contributed by atoms with Crippen molar-refractivity contribution in [1.82, 2.24) is 15.0 Å². The minimum atomic E-state index is -0.207. The van der Waals surface area contributed by atoms with Crippen molar-refractivity contribution in [3.8, 4) is 11.5 Å². The van der Waals surface area contributed by atoms with Crippen LogP contribution in [0.4, 0.5) is 0 Å². The van der Waals surface area contributed by atoms with Crippen LogP contribution < -0.4 is 5.73 Å². The average molecular weight is 266 g/mol. The molecular formula is C12H18N4OS. The molecule has 0 saturated carbocycles. The SMILES string of the molecule is CCN(CC)CC(N)c1noc(-c2ccsc2)n1. The summed E-state index contributed by atoms with van der Waals surface area (Å²) in [5, 5.41) is 7.92. The van der Waals surface area contributed by atoms with Gasteiger partial charge in [0.2, 0.25) is 0 Å². The van der Waals surface area contributed by atoms with Gasteiger partial charge < -0.3 is 15.2 Å². The minimum absolute atomic E-state index is 0.207. The number of nitrogens with zero attached hydrogens (tertiary/aromatic N) is 3. The van der Waals surface area contributed by atoms with E-state index in [0.717, 1.165) is 25.2 Å². The first kappa shape index (κ1) is 13.2. The van der Waals surface area contributed by atoms with Crippen LogP contribution in [0.5, 0.6) is 0 Å². The standard InChI is InChI=1S/C12H18N4OS/c1-3-16(4-2)7-10(13)11-14-12(17-15-11)9-5-6-18-8-9/h5-6,8,10H,3-4,7,13H2,1-2H3. The molecule has 2 rings (SSSR count). The second kappa shape index (κ2) is 6.08. The van der Waals surface area contributed by atoms with Crippen LogP contribution in [0.2, 0.25) is 0 Å². The molecule has 0 aromatic carbocycles. The first-order valence-corrected chi connectivity index (χ1v) is 7.03. The van der Waals surface area contributed by atoms with Gasteiger partial charge in [0, 0.05) is 11.9 Å². The largest absolute Gasteiger partial charge is 0.334 e. The van der Waals surface area contributed by atoms with E-state index in [1.54, 1.807) is 11.3 Å². The topological polar surface area (TPSA) is 68.2 Å². The Morgan fingerprint density at radius 3 is 2.83 bits per heavy atom. The van der Waals surface area contributed by atoms with Crippen LogP contribution in [0.15, 0.2) is 21.3 Å². The summed E-state index contributed by atoms with van der Waals surface area (Å²) in [6.45, 7) is 6.92. The normalized spacial score (nSPS) is 13.1. The van der Waals surface area contributed by atoms with Crippen LogP contribution >= 0.6 is 11.3 Å². The molecule has 1 unspecified atom stereocenters. The molecule has 0 spiro atoms. The predicted octanol–water partition coefficient (Wildman–Crippen LogP) is 2.14. The Morgan fingerprint density at radius 1 is 1.44 bits per heavy atom. The van der Waals surface area contributed by atoms with E-state index in [2.05, 4.69) is 28.9 Å². The molecule has 2 aromatic heterocycles. The molecule has 0 saturated heterocycles. The summed E-state index contributed by atoms with van der Waals surface area (Å²) < 4.78 is 5.23. The van der Waals surface area contributed by atoms with Crippen LogP contribution in [0.25, 0.3) is 11.5 Å². The van der Waals surface area contributed by atoms with E-state index in [9.17, 15) is 0 Å². The van der Waals surface area contributed by atoms with Crippen LogP contribution in [0, 0.1) is 0 Å². The fourth-order valence-electron chi connectivity index (χ4n) is 1.73. The molecule has 18 heavy (non-hydrogen) atoms. The van der Waals surface area contributed by atoms with E-state index < -0.39 is 0 Å². The third-order valence-corrected chi connectivity index (χ3v) is 3.57. The highest BCUT2D eigenvalue weighted by molar-refractivity contribution is 7.08. The van der Waals surface area contributed by atoms with Gasteiger partial charge in [-0.2, -0.15) is 16.3 Å². The number of thiophene rings is 1. The van der Waals surface area contributed by atoms with Crippen molar-refractivity contribution in [2.75, 3.05) is 19.6 Å².